The number of benzene rings is 1. The molecule has 1 fully saturated rings. The van der Waals surface area contributed by atoms with Crippen molar-refractivity contribution in [1.29, 1.82) is 5.26 Å². The summed E-state index contributed by atoms with van der Waals surface area (Å²) >= 11 is 0. The molecule has 0 aromatic heterocycles. The molecule has 0 radical (unpaired) electrons. The van der Waals surface area contributed by atoms with Gasteiger partial charge in [0.15, 0.2) is 0 Å². The lowest BCUT2D eigenvalue weighted by atomic mass is 10.2. The minimum Gasteiger partial charge on any atom is -0.324 e. The molecule has 1 saturated heterocycles. The van der Waals surface area contributed by atoms with Crippen LogP contribution in [0.2, 0.25) is 0 Å². The van der Waals surface area contributed by atoms with E-state index in [-0.39, 0.29) is 5.91 Å². The van der Waals surface area contributed by atoms with E-state index in [9.17, 15) is 4.79 Å². The molecule has 5 nitrogen and oxygen atoms in total. The minimum atomic E-state index is -0.0595. The highest BCUT2D eigenvalue weighted by atomic mass is 16.2. The van der Waals surface area contributed by atoms with Crippen LogP contribution in [-0.4, -0.2) is 54.5 Å². The van der Waals surface area contributed by atoms with Crippen molar-refractivity contribution in [2.24, 2.45) is 0 Å². The first kappa shape index (κ1) is 15.5. The van der Waals surface area contributed by atoms with Crippen LogP contribution in [0.4, 0.5) is 5.69 Å². The largest absolute Gasteiger partial charge is 0.324 e. The molecule has 1 N–H and O–H groups in total. The van der Waals surface area contributed by atoms with Crippen molar-refractivity contribution >= 4 is 11.6 Å². The molecule has 0 unspecified atom stereocenters. The normalized spacial score (nSPS) is 16.7. The van der Waals surface area contributed by atoms with Gasteiger partial charge in [-0.3, -0.25) is 14.6 Å². The first-order valence-electron chi connectivity index (χ1n) is 7.35. The van der Waals surface area contributed by atoms with Crippen molar-refractivity contribution in [1.82, 2.24) is 9.80 Å². The fourth-order valence-corrected chi connectivity index (χ4v) is 2.52. The molecule has 1 aromatic rings. The van der Waals surface area contributed by atoms with E-state index in [0.29, 0.717) is 23.8 Å². The van der Waals surface area contributed by atoms with Gasteiger partial charge >= 0.3 is 0 Å². The molecule has 0 aliphatic carbocycles. The molecule has 0 spiro atoms. The third kappa shape index (κ3) is 4.28. The summed E-state index contributed by atoms with van der Waals surface area (Å²) in [5.74, 6) is -0.0595. The van der Waals surface area contributed by atoms with Gasteiger partial charge in [-0.1, -0.05) is 12.1 Å². The number of hydrogen-bond donors (Lipinski definition) is 1. The number of carbonyl (C=O) groups excluding carboxylic acids is 1. The summed E-state index contributed by atoms with van der Waals surface area (Å²) in [5.41, 5.74) is 1.08. The van der Waals surface area contributed by atoms with Gasteiger partial charge in [-0.2, -0.15) is 5.26 Å². The van der Waals surface area contributed by atoms with Gasteiger partial charge in [-0.15, -0.1) is 0 Å². The lowest BCUT2D eigenvalue weighted by Crippen LogP contribution is -2.50. The van der Waals surface area contributed by atoms with E-state index >= 15 is 0 Å². The van der Waals surface area contributed by atoms with Crippen LogP contribution in [0.3, 0.4) is 0 Å². The molecular weight excluding hydrogens is 264 g/mol. The first-order valence-corrected chi connectivity index (χ1v) is 7.35. The zero-order valence-electron chi connectivity index (χ0n) is 12.7. The zero-order valence-corrected chi connectivity index (χ0v) is 12.7. The molecule has 5 heteroatoms. The van der Waals surface area contributed by atoms with Crippen LogP contribution in [-0.2, 0) is 4.79 Å². The van der Waals surface area contributed by atoms with Crippen molar-refractivity contribution in [3.05, 3.63) is 29.8 Å². The lowest BCUT2D eigenvalue weighted by molar-refractivity contribution is -0.117. The van der Waals surface area contributed by atoms with Crippen LogP contribution in [0, 0.1) is 11.3 Å². The van der Waals surface area contributed by atoms with Crippen molar-refractivity contribution in [2.45, 2.75) is 19.9 Å². The topological polar surface area (TPSA) is 59.4 Å². The number of nitriles is 1. The Balaban J connectivity index is 1.85. The van der Waals surface area contributed by atoms with Gasteiger partial charge in [-0.25, -0.2) is 0 Å². The number of amides is 1. The number of para-hydroxylation sites is 1. The molecule has 1 amide bonds. The van der Waals surface area contributed by atoms with Gasteiger partial charge in [0.1, 0.15) is 6.07 Å². The van der Waals surface area contributed by atoms with Crippen LogP contribution in [0.5, 0.6) is 0 Å². The second-order valence-electron chi connectivity index (χ2n) is 5.61. The monoisotopic (exact) mass is 286 g/mol. The summed E-state index contributed by atoms with van der Waals surface area (Å²) in [6.45, 7) is 8.59. The Hall–Kier alpha value is -1.90. The fraction of sp³-hybridized carbons (Fsp3) is 0.500. The average molecular weight is 286 g/mol. The van der Waals surface area contributed by atoms with Gasteiger partial charge < -0.3 is 5.32 Å². The average Bonchev–Trinajstić information content (AvgIpc) is 2.48. The molecule has 2 rings (SSSR count). The molecule has 112 valence electrons. The Morgan fingerprint density at radius 1 is 1.29 bits per heavy atom. The Bertz CT molecular complexity index is 527. The molecule has 1 aromatic carbocycles. The van der Waals surface area contributed by atoms with Gasteiger partial charge in [0.25, 0.3) is 0 Å². The van der Waals surface area contributed by atoms with Crippen molar-refractivity contribution in [2.75, 3.05) is 38.0 Å². The van der Waals surface area contributed by atoms with E-state index in [0.717, 1.165) is 26.2 Å². The smallest absolute Gasteiger partial charge is 0.238 e. The second-order valence-corrected chi connectivity index (χ2v) is 5.61. The number of carbonyl (C=O) groups is 1. The summed E-state index contributed by atoms with van der Waals surface area (Å²) < 4.78 is 0. The third-order valence-electron chi connectivity index (χ3n) is 3.83. The van der Waals surface area contributed by atoms with Crippen LogP contribution >= 0.6 is 0 Å². The Morgan fingerprint density at radius 3 is 2.57 bits per heavy atom. The highest BCUT2D eigenvalue weighted by molar-refractivity contribution is 5.93. The number of anilines is 1. The maximum Gasteiger partial charge on any atom is 0.238 e. The molecule has 0 saturated carbocycles. The molecule has 1 heterocycles. The molecule has 0 atom stereocenters. The Kier molecular flexibility index (Phi) is 5.32. The predicted octanol–water partition coefficient (Wildman–Crippen LogP) is 1.52. The lowest BCUT2D eigenvalue weighted by Gasteiger charge is -2.36. The Morgan fingerprint density at radius 2 is 1.95 bits per heavy atom. The zero-order chi connectivity index (χ0) is 15.2. The summed E-state index contributed by atoms with van der Waals surface area (Å²) in [5, 5.41) is 11.8. The van der Waals surface area contributed by atoms with E-state index in [1.165, 1.54) is 0 Å². The summed E-state index contributed by atoms with van der Waals surface area (Å²) in [6.07, 6.45) is 0. The second kappa shape index (κ2) is 7.21. The van der Waals surface area contributed by atoms with Gasteiger partial charge in [0.05, 0.1) is 17.8 Å². The van der Waals surface area contributed by atoms with E-state index < -0.39 is 0 Å². The van der Waals surface area contributed by atoms with Crippen molar-refractivity contribution < 1.29 is 4.79 Å². The maximum absolute atomic E-state index is 12.1. The van der Waals surface area contributed by atoms with Crippen LogP contribution in [0.15, 0.2) is 24.3 Å². The van der Waals surface area contributed by atoms with E-state index in [2.05, 4.69) is 35.0 Å². The van der Waals surface area contributed by atoms with Crippen LogP contribution < -0.4 is 5.32 Å². The van der Waals surface area contributed by atoms with Gasteiger partial charge in [0, 0.05) is 32.2 Å². The van der Waals surface area contributed by atoms with E-state index in [1.54, 1.807) is 18.2 Å². The summed E-state index contributed by atoms with van der Waals surface area (Å²) in [6, 6.07) is 9.72. The van der Waals surface area contributed by atoms with E-state index in [1.807, 2.05) is 6.07 Å². The number of nitrogens with one attached hydrogen (secondary N) is 1. The number of rotatable bonds is 4. The molecule has 21 heavy (non-hydrogen) atoms. The maximum atomic E-state index is 12.1. The van der Waals surface area contributed by atoms with Crippen molar-refractivity contribution in [3.8, 4) is 6.07 Å². The summed E-state index contributed by atoms with van der Waals surface area (Å²) in [4.78, 5) is 16.7. The fourth-order valence-electron chi connectivity index (χ4n) is 2.52. The minimum absolute atomic E-state index is 0.0595. The summed E-state index contributed by atoms with van der Waals surface area (Å²) in [7, 11) is 0. The van der Waals surface area contributed by atoms with Gasteiger partial charge in [0.2, 0.25) is 5.91 Å². The van der Waals surface area contributed by atoms with Gasteiger partial charge in [-0.05, 0) is 26.0 Å². The predicted molar refractivity (Wildman–Crippen MR) is 82.9 cm³/mol. The van der Waals surface area contributed by atoms with Crippen LogP contribution in [0.1, 0.15) is 19.4 Å². The molecule has 0 bridgehead atoms. The van der Waals surface area contributed by atoms with Crippen molar-refractivity contribution in [3.63, 3.8) is 0 Å². The van der Waals surface area contributed by atoms with E-state index in [4.69, 9.17) is 5.26 Å². The Labute approximate surface area is 126 Å². The molecular formula is C16H22N4O. The highest BCUT2D eigenvalue weighted by Crippen LogP contribution is 2.13. The quantitative estimate of drug-likeness (QED) is 0.912. The number of hydrogen-bond acceptors (Lipinski definition) is 4. The standard InChI is InChI=1S/C16H22N4O/c1-13(2)20-9-7-19(8-10-20)12-16(21)18-15-6-4-3-5-14(15)11-17/h3-6,13H,7-10,12H2,1-2H3,(H,18,21). The van der Waals surface area contributed by atoms with Crippen LogP contribution in [0.25, 0.3) is 0 Å². The third-order valence-corrected chi connectivity index (χ3v) is 3.83. The number of piperazine rings is 1. The SMILES string of the molecule is CC(C)N1CCN(CC(=O)Nc2ccccc2C#N)CC1. The molecule has 1 aliphatic heterocycles. The highest BCUT2D eigenvalue weighted by Gasteiger charge is 2.20. The number of nitrogens with zero attached hydrogens (tertiary/aromatic N) is 3. The first-order chi connectivity index (χ1) is 10.1. The molecule has 1 aliphatic rings.